The summed E-state index contributed by atoms with van der Waals surface area (Å²) in [5.41, 5.74) is 0. The Morgan fingerprint density at radius 1 is 1.50 bits per heavy atom. The smallest absolute Gasteiger partial charge is 0.341 e. The fraction of sp³-hybridized carbons (Fsp3) is 0.500. The van der Waals surface area contributed by atoms with Crippen molar-refractivity contribution < 1.29 is 22.7 Å². The van der Waals surface area contributed by atoms with Crippen LogP contribution >= 0.6 is 11.9 Å². The molecular formula is C4H3ClF2O3. The van der Waals surface area contributed by atoms with Crippen molar-refractivity contribution in [2.24, 2.45) is 0 Å². The number of hydrogen-bond donors (Lipinski definition) is 0. The molecule has 0 aromatic rings. The lowest BCUT2D eigenvalue weighted by atomic mass is 10.2. The van der Waals surface area contributed by atoms with E-state index in [4.69, 9.17) is 0 Å². The van der Waals surface area contributed by atoms with Crippen molar-refractivity contribution in [1.29, 1.82) is 0 Å². The molecule has 58 valence electrons. The first-order valence-electron chi connectivity index (χ1n) is 2.14. The van der Waals surface area contributed by atoms with Gasteiger partial charge >= 0.3 is 17.7 Å². The molecule has 0 amide bonds. The van der Waals surface area contributed by atoms with Crippen LogP contribution in [0, 0.1) is 0 Å². The lowest BCUT2D eigenvalue weighted by molar-refractivity contribution is -0.158. The van der Waals surface area contributed by atoms with Crippen LogP contribution < -0.4 is 0 Å². The van der Waals surface area contributed by atoms with Crippen LogP contribution in [0.5, 0.6) is 0 Å². The van der Waals surface area contributed by atoms with Crippen molar-refractivity contribution >= 4 is 23.6 Å². The van der Waals surface area contributed by atoms with Crippen molar-refractivity contribution in [3.8, 4) is 0 Å². The fourth-order valence-corrected chi connectivity index (χ4v) is 0.284. The van der Waals surface area contributed by atoms with Crippen molar-refractivity contribution in [3.63, 3.8) is 0 Å². The van der Waals surface area contributed by atoms with Crippen LogP contribution in [0.2, 0.25) is 0 Å². The first-order chi connectivity index (χ1) is 4.39. The normalized spacial score (nSPS) is 10.8. The molecule has 0 aliphatic rings. The molecule has 0 unspecified atom stereocenters. The molecule has 0 fully saturated rings. The van der Waals surface area contributed by atoms with E-state index in [-0.39, 0.29) is 6.92 Å². The molecule has 0 rings (SSSR count). The predicted octanol–water partition coefficient (Wildman–Crippen LogP) is 0.908. The minimum absolute atomic E-state index is 0.281. The largest absolute Gasteiger partial charge is 0.399 e. The summed E-state index contributed by atoms with van der Waals surface area (Å²) >= 11 is 4.35. The molecule has 0 spiro atoms. The Kier molecular flexibility index (Phi) is 2.71. The third-order valence-corrected chi connectivity index (χ3v) is 0.794. The van der Waals surface area contributed by atoms with Gasteiger partial charge in [-0.25, -0.2) is 4.79 Å². The Balaban J connectivity index is 4.24. The molecule has 3 nitrogen and oxygen atoms in total. The van der Waals surface area contributed by atoms with Crippen LogP contribution in [-0.2, 0) is 13.9 Å². The summed E-state index contributed by atoms with van der Waals surface area (Å²) in [5.74, 6) is -7.43. The van der Waals surface area contributed by atoms with E-state index in [1.807, 2.05) is 0 Å². The number of Topliss-reactive ketones (excluding diaryl/α,β-unsaturated/α-hetero) is 1. The van der Waals surface area contributed by atoms with E-state index in [0.29, 0.717) is 0 Å². The Bertz CT molecular complexity index is 162. The summed E-state index contributed by atoms with van der Waals surface area (Å²) in [6.45, 7) is 0.281. The lowest BCUT2D eigenvalue weighted by Gasteiger charge is -2.03. The van der Waals surface area contributed by atoms with E-state index < -0.39 is 17.7 Å². The third-order valence-electron chi connectivity index (χ3n) is 0.654. The van der Waals surface area contributed by atoms with Gasteiger partial charge in [0.15, 0.2) is 0 Å². The van der Waals surface area contributed by atoms with Gasteiger partial charge in [-0.1, -0.05) is 0 Å². The summed E-state index contributed by atoms with van der Waals surface area (Å²) in [6, 6.07) is 0. The maximum atomic E-state index is 11.8. The molecule has 0 N–H and O–H groups in total. The van der Waals surface area contributed by atoms with E-state index in [1.54, 1.807) is 0 Å². The van der Waals surface area contributed by atoms with E-state index >= 15 is 0 Å². The van der Waals surface area contributed by atoms with E-state index in [9.17, 15) is 18.4 Å². The fourth-order valence-electron chi connectivity index (χ4n) is 0.214. The highest BCUT2D eigenvalue weighted by Gasteiger charge is 2.39. The van der Waals surface area contributed by atoms with Gasteiger partial charge in [0.25, 0.3) is 0 Å². The third kappa shape index (κ3) is 2.26. The Hall–Kier alpha value is -0.710. The van der Waals surface area contributed by atoms with Crippen molar-refractivity contribution in [1.82, 2.24) is 0 Å². The highest BCUT2D eigenvalue weighted by molar-refractivity contribution is 6.40. The summed E-state index contributed by atoms with van der Waals surface area (Å²) in [6.07, 6.45) is 0. The maximum Gasteiger partial charge on any atom is 0.399 e. The molecule has 0 bridgehead atoms. The van der Waals surface area contributed by atoms with E-state index in [0.717, 1.165) is 0 Å². The number of ketones is 1. The molecule has 0 aliphatic carbocycles. The van der Waals surface area contributed by atoms with Crippen LogP contribution in [0.4, 0.5) is 8.78 Å². The topological polar surface area (TPSA) is 43.4 Å². The van der Waals surface area contributed by atoms with Crippen LogP contribution in [-0.4, -0.2) is 17.7 Å². The Morgan fingerprint density at radius 2 is 1.90 bits per heavy atom. The zero-order valence-corrected chi connectivity index (χ0v) is 5.61. The zero-order valence-electron chi connectivity index (χ0n) is 4.86. The lowest BCUT2D eigenvalue weighted by Crippen LogP contribution is -2.31. The standard InChI is InChI=1S/C4H3ClF2O3/c1-4(6,7)2(8)3(9)10-5/h1H3. The molecule has 0 aliphatic heterocycles. The molecule has 10 heavy (non-hydrogen) atoms. The van der Waals surface area contributed by atoms with Gasteiger partial charge in [0.05, 0.1) is 0 Å². The second-order valence-electron chi connectivity index (χ2n) is 1.58. The Labute approximate surface area is 60.1 Å². The first kappa shape index (κ1) is 9.29. The SMILES string of the molecule is CC(F)(F)C(=O)C(=O)OCl. The maximum absolute atomic E-state index is 11.8. The van der Waals surface area contributed by atoms with Crippen molar-refractivity contribution in [2.75, 3.05) is 0 Å². The van der Waals surface area contributed by atoms with Gasteiger partial charge in [-0.3, -0.25) is 4.79 Å². The highest BCUT2D eigenvalue weighted by atomic mass is 35.5. The average Bonchev–Trinajstić information content (AvgIpc) is 1.83. The minimum atomic E-state index is -3.72. The molecule has 0 atom stereocenters. The molecule has 0 radical (unpaired) electrons. The van der Waals surface area contributed by atoms with Gasteiger partial charge in [-0.05, 0) is 0 Å². The summed E-state index contributed by atoms with van der Waals surface area (Å²) in [5, 5.41) is 0. The number of alkyl halides is 2. The van der Waals surface area contributed by atoms with Crippen LogP contribution in [0.3, 0.4) is 0 Å². The number of hydrogen-bond acceptors (Lipinski definition) is 3. The number of rotatable bonds is 2. The second kappa shape index (κ2) is 2.92. The highest BCUT2D eigenvalue weighted by Crippen LogP contribution is 2.13. The molecule has 0 aromatic carbocycles. The van der Waals surface area contributed by atoms with Crippen LogP contribution in [0.25, 0.3) is 0 Å². The molecule has 0 saturated carbocycles. The van der Waals surface area contributed by atoms with Crippen molar-refractivity contribution in [2.45, 2.75) is 12.8 Å². The zero-order chi connectivity index (χ0) is 8.36. The molecule has 0 aromatic heterocycles. The second-order valence-corrected chi connectivity index (χ2v) is 1.74. The Morgan fingerprint density at radius 3 is 2.00 bits per heavy atom. The summed E-state index contributed by atoms with van der Waals surface area (Å²) in [4.78, 5) is 20.1. The van der Waals surface area contributed by atoms with Gasteiger partial charge < -0.3 is 4.29 Å². The number of halogens is 3. The molecule has 6 heteroatoms. The van der Waals surface area contributed by atoms with Gasteiger partial charge in [0, 0.05) is 6.92 Å². The average molecular weight is 173 g/mol. The number of carbonyl (C=O) groups excluding carboxylic acids is 2. The summed E-state index contributed by atoms with van der Waals surface area (Å²) < 4.78 is 26.9. The monoisotopic (exact) mass is 172 g/mol. The van der Waals surface area contributed by atoms with E-state index in [1.165, 1.54) is 0 Å². The van der Waals surface area contributed by atoms with Crippen LogP contribution in [0.15, 0.2) is 0 Å². The first-order valence-corrected chi connectivity index (χ1v) is 2.45. The summed E-state index contributed by atoms with van der Waals surface area (Å²) in [7, 11) is 0. The number of carbonyl (C=O) groups is 2. The van der Waals surface area contributed by atoms with Gasteiger partial charge in [-0.2, -0.15) is 8.78 Å². The van der Waals surface area contributed by atoms with Crippen LogP contribution in [0.1, 0.15) is 6.92 Å². The van der Waals surface area contributed by atoms with E-state index in [2.05, 4.69) is 16.2 Å². The molecular weight excluding hydrogens is 169 g/mol. The predicted molar refractivity (Wildman–Crippen MR) is 27.6 cm³/mol. The van der Waals surface area contributed by atoms with Crippen molar-refractivity contribution in [3.05, 3.63) is 0 Å². The van der Waals surface area contributed by atoms with Gasteiger partial charge in [-0.15, -0.1) is 0 Å². The van der Waals surface area contributed by atoms with Gasteiger partial charge in [0.2, 0.25) is 0 Å². The molecule has 0 heterocycles. The van der Waals surface area contributed by atoms with Gasteiger partial charge in [0.1, 0.15) is 11.9 Å². The molecule has 0 saturated heterocycles. The minimum Gasteiger partial charge on any atom is -0.341 e. The quantitative estimate of drug-likeness (QED) is 0.582.